The largest absolute Gasteiger partial charge is 0.466 e. The molecule has 1 heterocycles. The number of nitrogens with zero attached hydrogens (tertiary/aromatic N) is 1. The number of hydrogen-bond acceptors (Lipinski definition) is 3. The average Bonchev–Trinajstić information content (AvgIpc) is 2.91. The lowest BCUT2D eigenvalue weighted by atomic mass is 10.0. The van der Waals surface area contributed by atoms with Crippen LogP contribution in [0.1, 0.15) is 37.8 Å². The number of carbonyl (C=O) groups is 1. The first-order valence-electron chi connectivity index (χ1n) is 6.76. The van der Waals surface area contributed by atoms with Gasteiger partial charge < -0.3 is 4.74 Å². The molecule has 0 bridgehead atoms. The van der Waals surface area contributed by atoms with Gasteiger partial charge >= 0.3 is 5.97 Å². The van der Waals surface area contributed by atoms with Gasteiger partial charge in [-0.2, -0.15) is 0 Å². The molecule has 1 aromatic rings. The highest BCUT2D eigenvalue weighted by Crippen LogP contribution is 2.28. The molecule has 1 aliphatic heterocycles. The molecule has 0 spiro atoms. The van der Waals surface area contributed by atoms with Crippen molar-refractivity contribution in [2.45, 2.75) is 32.2 Å². The quantitative estimate of drug-likeness (QED) is 0.777. The Labute approximate surface area is 121 Å². The molecule has 2 rings (SSSR count). The summed E-state index contributed by atoms with van der Waals surface area (Å²) in [4.78, 5) is 14.1. The summed E-state index contributed by atoms with van der Waals surface area (Å²) < 4.78 is 5.09. The molecule has 4 heteroatoms. The minimum absolute atomic E-state index is 0. The first-order valence-corrected chi connectivity index (χ1v) is 6.76. The van der Waals surface area contributed by atoms with Gasteiger partial charge in [0.1, 0.15) is 0 Å². The summed E-state index contributed by atoms with van der Waals surface area (Å²) in [6, 6.07) is 10.4. The molecule has 0 aliphatic carbocycles. The summed E-state index contributed by atoms with van der Waals surface area (Å²) in [5, 5.41) is 0. The van der Waals surface area contributed by atoms with Crippen LogP contribution < -0.4 is 0 Å². The summed E-state index contributed by atoms with van der Waals surface area (Å²) in [6.07, 6.45) is 2.91. The van der Waals surface area contributed by atoms with Gasteiger partial charge in [-0.15, -0.1) is 12.4 Å². The van der Waals surface area contributed by atoms with Gasteiger partial charge in [0.05, 0.1) is 13.0 Å². The molecule has 1 unspecified atom stereocenters. The first kappa shape index (κ1) is 16.0. The Morgan fingerprint density at radius 2 is 1.89 bits per heavy atom. The van der Waals surface area contributed by atoms with Crippen LogP contribution in [0.15, 0.2) is 30.3 Å². The van der Waals surface area contributed by atoms with Gasteiger partial charge in [-0.25, -0.2) is 0 Å². The molecule has 106 valence electrons. The van der Waals surface area contributed by atoms with Crippen LogP contribution in [-0.4, -0.2) is 30.6 Å². The van der Waals surface area contributed by atoms with Gasteiger partial charge in [0.2, 0.25) is 0 Å². The maximum Gasteiger partial charge on any atom is 0.307 e. The van der Waals surface area contributed by atoms with Crippen molar-refractivity contribution in [1.29, 1.82) is 0 Å². The number of esters is 1. The third kappa shape index (κ3) is 4.51. The minimum Gasteiger partial charge on any atom is -0.466 e. The fourth-order valence-corrected chi connectivity index (χ4v) is 2.56. The van der Waals surface area contributed by atoms with Crippen molar-refractivity contribution in [3.63, 3.8) is 0 Å². The van der Waals surface area contributed by atoms with Crippen LogP contribution in [0.5, 0.6) is 0 Å². The fourth-order valence-electron chi connectivity index (χ4n) is 2.56. The van der Waals surface area contributed by atoms with Gasteiger partial charge in [0.25, 0.3) is 0 Å². The first-order chi connectivity index (χ1) is 8.81. The minimum atomic E-state index is -0.0988. The van der Waals surface area contributed by atoms with Gasteiger partial charge in [-0.3, -0.25) is 9.69 Å². The Morgan fingerprint density at radius 1 is 1.26 bits per heavy atom. The zero-order valence-corrected chi connectivity index (χ0v) is 12.2. The number of hydrogen-bond donors (Lipinski definition) is 0. The van der Waals surface area contributed by atoms with E-state index in [-0.39, 0.29) is 24.4 Å². The molecule has 0 aromatic heterocycles. The van der Waals surface area contributed by atoms with Crippen molar-refractivity contribution in [2.75, 3.05) is 19.7 Å². The highest BCUT2D eigenvalue weighted by Gasteiger charge is 2.25. The maximum atomic E-state index is 11.7. The van der Waals surface area contributed by atoms with E-state index in [2.05, 4.69) is 17.0 Å². The molecular weight excluding hydrogens is 262 g/mol. The van der Waals surface area contributed by atoms with E-state index in [1.54, 1.807) is 0 Å². The Morgan fingerprint density at radius 3 is 2.47 bits per heavy atom. The van der Waals surface area contributed by atoms with E-state index in [0.29, 0.717) is 13.0 Å². The van der Waals surface area contributed by atoms with Crippen LogP contribution in [0.4, 0.5) is 0 Å². The van der Waals surface area contributed by atoms with Crippen molar-refractivity contribution in [1.82, 2.24) is 4.90 Å². The Bertz CT molecular complexity index is 377. The molecule has 1 saturated heterocycles. The number of ether oxygens (including phenoxy) is 1. The summed E-state index contributed by atoms with van der Waals surface area (Å²) in [5.41, 5.74) is 1.22. The van der Waals surface area contributed by atoms with E-state index >= 15 is 0 Å². The SMILES string of the molecule is CCOC(=O)CC(c1ccccc1)N1CCCC1.Cl. The van der Waals surface area contributed by atoms with E-state index < -0.39 is 0 Å². The summed E-state index contributed by atoms with van der Waals surface area (Å²) in [5.74, 6) is -0.0988. The average molecular weight is 284 g/mol. The van der Waals surface area contributed by atoms with Crippen molar-refractivity contribution < 1.29 is 9.53 Å². The number of carbonyl (C=O) groups excluding carboxylic acids is 1. The summed E-state index contributed by atoms with van der Waals surface area (Å²) in [7, 11) is 0. The second kappa shape index (κ2) is 8.18. The van der Waals surface area contributed by atoms with Crippen molar-refractivity contribution >= 4 is 18.4 Å². The monoisotopic (exact) mass is 283 g/mol. The second-order valence-electron chi connectivity index (χ2n) is 4.68. The molecule has 1 fully saturated rings. The molecule has 1 atom stereocenters. The zero-order valence-electron chi connectivity index (χ0n) is 11.4. The highest BCUT2D eigenvalue weighted by molar-refractivity contribution is 5.85. The fraction of sp³-hybridized carbons (Fsp3) is 0.533. The molecule has 3 nitrogen and oxygen atoms in total. The van der Waals surface area contributed by atoms with Crippen LogP contribution in [0, 0.1) is 0 Å². The molecule has 1 aromatic carbocycles. The lowest BCUT2D eigenvalue weighted by molar-refractivity contribution is -0.144. The lowest BCUT2D eigenvalue weighted by Crippen LogP contribution is -2.28. The Balaban J connectivity index is 0.00000180. The third-order valence-corrected chi connectivity index (χ3v) is 3.43. The zero-order chi connectivity index (χ0) is 12.8. The van der Waals surface area contributed by atoms with Gasteiger partial charge in [0.15, 0.2) is 0 Å². The van der Waals surface area contributed by atoms with E-state index in [1.165, 1.54) is 18.4 Å². The van der Waals surface area contributed by atoms with E-state index in [4.69, 9.17) is 4.74 Å². The third-order valence-electron chi connectivity index (χ3n) is 3.43. The van der Waals surface area contributed by atoms with E-state index in [1.807, 2.05) is 25.1 Å². The Kier molecular flexibility index (Phi) is 6.89. The lowest BCUT2D eigenvalue weighted by Gasteiger charge is -2.27. The molecular formula is C15H22ClNO2. The van der Waals surface area contributed by atoms with Crippen molar-refractivity contribution in [3.8, 4) is 0 Å². The number of rotatable bonds is 5. The normalized spacial score (nSPS) is 16.7. The predicted octanol–water partition coefficient (Wildman–Crippen LogP) is 3.20. The van der Waals surface area contributed by atoms with Crippen molar-refractivity contribution in [3.05, 3.63) is 35.9 Å². The van der Waals surface area contributed by atoms with Crippen LogP contribution in [0.3, 0.4) is 0 Å². The molecule has 19 heavy (non-hydrogen) atoms. The van der Waals surface area contributed by atoms with Crippen LogP contribution in [0.25, 0.3) is 0 Å². The molecule has 0 saturated carbocycles. The van der Waals surface area contributed by atoms with Crippen LogP contribution in [0.2, 0.25) is 0 Å². The summed E-state index contributed by atoms with van der Waals surface area (Å²) in [6.45, 7) is 4.48. The predicted molar refractivity (Wildman–Crippen MR) is 78.5 cm³/mol. The second-order valence-corrected chi connectivity index (χ2v) is 4.68. The number of likely N-dealkylation sites (tertiary alicyclic amines) is 1. The smallest absolute Gasteiger partial charge is 0.307 e. The topological polar surface area (TPSA) is 29.5 Å². The molecule has 0 amide bonds. The molecule has 0 radical (unpaired) electrons. The molecule has 1 aliphatic rings. The van der Waals surface area contributed by atoms with Crippen LogP contribution >= 0.6 is 12.4 Å². The molecule has 0 N–H and O–H groups in total. The van der Waals surface area contributed by atoms with Gasteiger partial charge in [0, 0.05) is 6.04 Å². The van der Waals surface area contributed by atoms with Crippen molar-refractivity contribution in [2.24, 2.45) is 0 Å². The summed E-state index contributed by atoms with van der Waals surface area (Å²) >= 11 is 0. The van der Waals surface area contributed by atoms with E-state index in [0.717, 1.165) is 13.1 Å². The number of halogens is 1. The van der Waals surface area contributed by atoms with Gasteiger partial charge in [-0.1, -0.05) is 30.3 Å². The van der Waals surface area contributed by atoms with E-state index in [9.17, 15) is 4.79 Å². The Hall–Kier alpha value is -1.06. The maximum absolute atomic E-state index is 11.7. The highest BCUT2D eigenvalue weighted by atomic mass is 35.5. The van der Waals surface area contributed by atoms with Crippen LogP contribution in [-0.2, 0) is 9.53 Å². The van der Waals surface area contributed by atoms with Gasteiger partial charge in [-0.05, 0) is 38.4 Å². The standard InChI is InChI=1S/C15H21NO2.ClH/c1-2-18-15(17)12-14(16-10-6-7-11-16)13-8-4-3-5-9-13;/h3-5,8-9,14H,2,6-7,10-12H2,1H3;1H. The number of benzene rings is 1.